The lowest BCUT2D eigenvalue weighted by Crippen LogP contribution is -2.62. The molecule has 1 N–H and O–H groups in total. The number of aryl methyl sites for hydroxylation is 1. The second-order valence-electron chi connectivity index (χ2n) is 10.1. The topological polar surface area (TPSA) is 90.9 Å². The van der Waals surface area contributed by atoms with Crippen molar-refractivity contribution in [2.75, 3.05) is 19.5 Å². The van der Waals surface area contributed by atoms with E-state index in [9.17, 15) is 14.4 Å². The molecule has 3 atom stereocenters. The van der Waals surface area contributed by atoms with Gasteiger partial charge in [-0.15, -0.1) is 0 Å². The fraction of sp³-hybridized carbons (Fsp3) is 0.393. The number of carbonyl (C=O) groups is 3. The fourth-order valence-electron chi connectivity index (χ4n) is 5.19. The molecule has 4 rings (SSSR count). The molecule has 0 aromatic heterocycles. The summed E-state index contributed by atoms with van der Waals surface area (Å²) < 4.78 is 16.8. The van der Waals surface area contributed by atoms with E-state index in [2.05, 4.69) is 5.32 Å². The van der Waals surface area contributed by atoms with Crippen LogP contribution >= 0.6 is 11.6 Å². The zero-order valence-electron chi connectivity index (χ0n) is 21.0. The highest BCUT2D eigenvalue weighted by atomic mass is 35.5. The first-order valence-electron chi connectivity index (χ1n) is 11.7. The fourth-order valence-corrected chi connectivity index (χ4v) is 5.38. The molecule has 0 spiro atoms. The van der Waals surface area contributed by atoms with E-state index in [1.807, 2.05) is 45.0 Å². The molecule has 0 bridgehead atoms. The molecule has 7 nitrogen and oxygen atoms in total. The van der Waals surface area contributed by atoms with E-state index in [1.54, 1.807) is 24.3 Å². The van der Waals surface area contributed by atoms with Crippen LogP contribution in [0.4, 0.5) is 5.69 Å². The van der Waals surface area contributed by atoms with Gasteiger partial charge in [0.05, 0.1) is 14.2 Å². The van der Waals surface area contributed by atoms with Crippen LogP contribution in [-0.4, -0.2) is 37.7 Å². The second-order valence-corrected chi connectivity index (χ2v) is 10.6. The van der Waals surface area contributed by atoms with E-state index in [4.69, 9.17) is 25.8 Å². The van der Waals surface area contributed by atoms with Crippen molar-refractivity contribution in [3.8, 4) is 0 Å². The molecule has 1 aliphatic heterocycles. The van der Waals surface area contributed by atoms with Crippen LogP contribution in [0.1, 0.15) is 43.7 Å². The van der Waals surface area contributed by atoms with Gasteiger partial charge >= 0.3 is 11.9 Å². The number of carbonyl (C=O) groups excluding carboxylic acids is 3. The maximum Gasteiger partial charge on any atom is 0.373 e. The van der Waals surface area contributed by atoms with Crippen molar-refractivity contribution in [3.63, 3.8) is 0 Å². The average molecular weight is 512 g/mol. The van der Waals surface area contributed by atoms with Crippen molar-refractivity contribution in [1.29, 1.82) is 0 Å². The van der Waals surface area contributed by atoms with Crippen molar-refractivity contribution >= 4 is 35.0 Å². The van der Waals surface area contributed by atoms with Crippen molar-refractivity contribution in [2.45, 2.75) is 45.3 Å². The summed E-state index contributed by atoms with van der Waals surface area (Å²) in [4.78, 5) is 40.7. The van der Waals surface area contributed by atoms with Gasteiger partial charge in [0.1, 0.15) is 11.7 Å². The third-order valence-electron chi connectivity index (χ3n) is 6.78. The predicted molar refractivity (Wildman–Crippen MR) is 135 cm³/mol. The number of hydrogen-bond acceptors (Lipinski definition) is 7. The van der Waals surface area contributed by atoms with Gasteiger partial charge in [-0.25, -0.2) is 4.79 Å². The van der Waals surface area contributed by atoms with Crippen LogP contribution in [0.25, 0.3) is 0 Å². The average Bonchev–Trinajstić information content (AvgIpc) is 2.82. The number of allylic oxidation sites excluding steroid dienone is 2. The molecule has 0 saturated carbocycles. The zero-order chi connectivity index (χ0) is 26.3. The van der Waals surface area contributed by atoms with Crippen LogP contribution in [0.2, 0.25) is 5.02 Å². The molecule has 2 aromatic carbocycles. The van der Waals surface area contributed by atoms with Gasteiger partial charge < -0.3 is 19.5 Å². The van der Waals surface area contributed by atoms with E-state index < -0.39 is 34.9 Å². The third-order valence-corrected chi connectivity index (χ3v) is 7.02. The molecule has 0 saturated heterocycles. The number of rotatable bonds is 5. The third kappa shape index (κ3) is 4.60. The summed E-state index contributed by atoms with van der Waals surface area (Å²) >= 11 is 6.21. The number of halogens is 1. The van der Waals surface area contributed by atoms with Gasteiger partial charge in [-0.1, -0.05) is 61.3 Å². The highest BCUT2D eigenvalue weighted by molar-refractivity contribution is 6.30. The number of anilines is 1. The lowest BCUT2D eigenvalue weighted by Gasteiger charge is -2.49. The number of ketones is 1. The first-order valence-corrected chi connectivity index (χ1v) is 12.1. The number of esters is 2. The maximum absolute atomic E-state index is 13.6. The molecule has 1 aliphatic carbocycles. The lowest BCUT2D eigenvalue weighted by molar-refractivity contribution is -0.182. The van der Waals surface area contributed by atoms with Gasteiger partial charge in [-0.2, -0.15) is 0 Å². The number of benzene rings is 2. The molecule has 0 fully saturated rings. The Bertz CT molecular complexity index is 1230. The Balaban J connectivity index is 2.02. The van der Waals surface area contributed by atoms with Crippen molar-refractivity contribution in [1.82, 2.24) is 0 Å². The van der Waals surface area contributed by atoms with Gasteiger partial charge in [0.25, 0.3) is 5.72 Å². The van der Waals surface area contributed by atoms with Crippen LogP contribution in [0.3, 0.4) is 0 Å². The minimum absolute atomic E-state index is 0.123. The number of Topliss-reactive ketones (excluding diaryl/α,β-unsaturated/α-hetero) is 1. The van der Waals surface area contributed by atoms with Gasteiger partial charge in [0.15, 0.2) is 5.78 Å². The van der Waals surface area contributed by atoms with Crippen molar-refractivity contribution < 1.29 is 28.6 Å². The van der Waals surface area contributed by atoms with Gasteiger partial charge in [0.2, 0.25) is 0 Å². The maximum atomic E-state index is 13.6. The Hall–Kier alpha value is -3.32. The number of hydrogen-bond donors (Lipinski definition) is 1. The summed E-state index contributed by atoms with van der Waals surface area (Å²) in [5, 5.41) is 3.54. The lowest BCUT2D eigenvalue weighted by atomic mass is 9.65. The Kier molecular flexibility index (Phi) is 6.88. The standard InChI is InChI=1S/C28H30ClNO6/c1-16-9-11-17(12-10-16)22-23-20(31)14-27(2,3)15-21(23)36-28(26(33)35-5,24(22)25(32)34-4)30-19-8-6-7-18(29)13-19/h6-13,22,24,30H,14-15H2,1-5H3. The normalized spacial score (nSPS) is 24.9. The molecule has 190 valence electrons. The Morgan fingerprint density at radius 1 is 1.06 bits per heavy atom. The summed E-state index contributed by atoms with van der Waals surface area (Å²) in [5.41, 5.74) is 0.122. The van der Waals surface area contributed by atoms with Crippen molar-refractivity contribution in [3.05, 3.63) is 76.0 Å². The minimum atomic E-state index is -2.02. The molecule has 0 amide bonds. The predicted octanol–water partition coefficient (Wildman–Crippen LogP) is 5.18. The second kappa shape index (κ2) is 9.62. The highest BCUT2D eigenvalue weighted by Crippen LogP contribution is 2.53. The molecule has 1 heterocycles. The summed E-state index contributed by atoms with van der Waals surface area (Å²) in [6, 6.07) is 14.2. The first-order chi connectivity index (χ1) is 17.0. The van der Waals surface area contributed by atoms with Crippen LogP contribution < -0.4 is 5.32 Å². The summed E-state index contributed by atoms with van der Waals surface area (Å²) in [5.74, 6) is -3.39. The first kappa shape index (κ1) is 25.8. The van der Waals surface area contributed by atoms with Gasteiger partial charge in [0, 0.05) is 35.0 Å². The molecule has 0 radical (unpaired) electrons. The van der Waals surface area contributed by atoms with E-state index >= 15 is 0 Å². The van der Waals surface area contributed by atoms with Gasteiger partial charge in [-0.05, 0) is 36.1 Å². The largest absolute Gasteiger partial charge is 0.469 e. The van der Waals surface area contributed by atoms with Crippen LogP contribution in [0.5, 0.6) is 0 Å². The Labute approximate surface area is 215 Å². The molecule has 36 heavy (non-hydrogen) atoms. The molecule has 3 unspecified atom stereocenters. The molecule has 2 aromatic rings. The number of ether oxygens (including phenoxy) is 3. The number of methoxy groups -OCH3 is 2. The Morgan fingerprint density at radius 3 is 2.36 bits per heavy atom. The van der Waals surface area contributed by atoms with Crippen LogP contribution in [0, 0.1) is 18.3 Å². The summed E-state index contributed by atoms with van der Waals surface area (Å²) in [6.45, 7) is 5.88. The Morgan fingerprint density at radius 2 is 1.75 bits per heavy atom. The molecular formula is C28H30ClNO6. The molecular weight excluding hydrogens is 482 g/mol. The SMILES string of the molecule is COC(=O)C1C(c2ccc(C)cc2)C2=C(CC(C)(C)CC2=O)OC1(Nc1cccc(Cl)c1)C(=O)OC. The van der Waals surface area contributed by atoms with E-state index in [-0.39, 0.29) is 5.78 Å². The van der Waals surface area contributed by atoms with E-state index in [1.165, 1.54) is 14.2 Å². The van der Waals surface area contributed by atoms with Gasteiger partial charge in [-0.3, -0.25) is 9.59 Å². The monoisotopic (exact) mass is 511 g/mol. The molecule has 2 aliphatic rings. The minimum Gasteiger partial charge on any atom is -0.469 e. The van der Waals surface area contributed by atoms with E-state index in [0.29, 0.717) is 40.4 Å². The summed E-state index contributed by atoms with van der Waals surface area (Å²) in [6.07, 6.45) is 0.693. The zero-order valence-corrected chi connectivity index (χ0v) is 21.8. The molecule has 8 heteroatoms. The smallest absolute Gasteiger partial charge is 0.373 e. The summed E-state index contributed by atoms with van der Waals surface area (Å²) in [7, 11) is 2.47. The van der Waals surface area contributed by atoms with E-state index in [0.717, 1.165) is 5.56 Å². The quantitative estimate of drug-likeness (QED) is 0.553. The van der Waals surface area contributed by atoms with Crippen LogP contribution in [0.15, 0.2) is 59.9 Å². The van der Waals surface area contributed by atoms with Crippen molar-refractivity contribution in [2.24, 2.45) is 11.3 Å². The number of nitrogens with one attached hydrogen (secondary N) is 1. The highest BCUT2D eigenvalue weighted by Gasteiger charge is 2.63. The van der Waals surface area contributed by atoms with Crippen LogP contribution in [-0.2, 0) is 28.6 Å².